The Morgan fingerprint density at radius 3 is 1.26 bits per heavy atom. The summed E-state index contributed by atoms with van der Waals surface area (Å²) in [6.07, 6.45) is 0. The molecule has 39 heavy (non-hydrogen) atoms. The minimum atomic E-state index is -0.455. The number of carbonyl (C=O) groups excluding carboxylic acids is 2. The number of esters is 2. The molecule has 5 aromatic rings. The standard InChI is InChI=1S/C35H28O4/c1-23-4-8-26(9-5-23)28-12-16-30(17-13-28)34(36)38-32-20-21-33(25(3)22-32)39-35(37)31-18-14-29(15-19-31)27-10-6-24(2)7-11-27/h4-22H,1-3H3. The van der Waals surface area contributed by atoms with Crippen LogP contribution in [0.3, 0.4) is 0 Å². The van der Waals surface area contributed by atoms with Crippen molar-refractivity contribution < 1.29 is 19.1 Å². The van der Waals surface area contributed by atoms with Crippen LogP contribution in [0.4, 0.5) is 0 Å². The molecule has 0 aliphatic rings. The third kappa shape index (κ3) is 6.13. The van der Waals surface area contributed by atoms with E-state index in [1.807, 2.05) is 38.1 Å². The lowest BCUT2D eigenvalue weighted by Gasteiger charge is -2.11. The molecular weight excluding hydrogens is 484 g/mol. The zero-order valence-corrected chi connectivity index (χ0v) is 22.1. The van der Waals surface area contributed by atoms with Crippen LogP contribution in [0.1, 0.15) is 37.4 Å². The SMILES string of the molecule is Cc1ccc(-c2ccc(C(=O)Oc3ccc(OC(=O)c4ccc(-c5ccc(C)cc5)cc4)c(C)c3)cc2)cc1. The molecule has 0 aliphatic heterocycles. The Morgan fingerprint density at radius 1 is 0.462 bits per heavy atom. The summed E-state index contributed by atoms with van der Waals surface area (Å²) in [7, 11) is 0. The maximum atomic E-state index is 12.7. The number of hydrogen-bond acceptors (Lipinski definition) is 4. The molecule has 0 saturated carbocycles. The van der Waals surface area contributed by atoms with E-state index in [9.17, 15) is 9.59 Å². The van der Waals surface area contributed by atoms with Gasteiger partial charge < -0.3 is 9.47 Å². The van der Waals surface area contributed by atoms with E-state index in [1.165, 1.54) is 11.1 Å². The van der Waals surface area contributed by atoms with Crippen LogP contribution in [0, 0.1) is 20.8 Å². The highest BCUT2D eigenvalue weighted by atomic mass is 16.5. The van der Waals surface area contributed by atoms with Gasteiger partial charge in [-0.25, -0.2) is 9.59 Å². The number of benzene rings is 5. The number of carbonyl (C=O) groups is 2. The molecule has 4 nitrogen and oxygen atoms in total. The predicted octanol–water partition coefficient (Wildman–Crippen LogP) is 8.38. The number of ether oxygens (including phenoxy) is 2. The van der Waals surface area contributed by atoms with Crippen LogP contribution in [-0.2, 0) is 0 Å². The average Bonchev–Trinajstić information content (AvgIpc) is 2.95. The minimum absolute atomic E-state index is 0.377. The van der Waals surface area contributed by atoms with E-state index in [1.54, 1.807) is 49.4 Å². The first kappa shape index (κ1) is 25.7. The number of aryl methyl sites for hydroxylation is 3. The van der Waals surface area contributed by atoms with Crippen molar-refractivity contribution in [2.75, 3.05) is 0 Å². The molecule has 0 aromatic heterocycles. The summed E-state index contributed by atoms with van der Waals surface area (Å²) in [5.41, 5.74) is 8.21. The van der Waals surface area contributed by atoms with Crippen molar-refractivity contribution in [2.45, 2.75) is 20.8 Å². The highest BCUT2D eigenvalue weighted by Crippen LogP contribution is 2.27. The highest BCUT2D eigenvalue weighted by molar-refractivity contribution is 5.92. The van der Waals surface area contributed by atoms with Gasteiger partial charge in [0.1, 0.15) is 11.5 Å². The normalized spacial score (nSPS) is 10.6. The highest BCUT2D eigenvalue weighted by Gasteiger charge is 2.14. The predicted molar refractivity (Wildman–Crippen MR) is 154 cm³/mol. The van der Waals surface area contributed by atoms with Crippen LogP contribution in [-0.4, -0.2) is 11.9 Å². The molecule has 0 bridgehead atoms. The zero-order chi connectivity index (χ0) is 27.4. The van der Waals surface area contributed by atoms with Gasteiger partial charge in [-0.15, -0.1) is 0 Å². The zero-order valence-electron chi connectivity index (χ0n) is 22.1. The van der Waals surface area contributed by atoms with Crippen molar-refractivity contribution in [3.05, 3.63) is 143 Å². The van der Waals surface area contributed by atoms with E-state index < -0.39 is 11.9 Å². The Labute approximate surface area is 228 Å². The van der Waals surface area contributed by atoms with Crippen molar-refractivity contribution in [3.63, 3.8) is 0 Å². The molecule has 0 fully saturated rings. The fourth-order valence-corrected chi connectivity index (χ4v) is 4.21. The van der Waals surface area contributed by atoms with Gasteiger partial charge in [-0.05, 0) is 91.1 Å². The molecule has 4 heteroatoms. The minimum Gasteiger partial charge on any atom is -0.423 e. The van der Waals surface area contributed by atoms with E-state index in [2.05, 4.69) is 48.5 Å². The molecule has 0 spiro atoms. The van der Waals surface area contributed by atoms with Crippen LogP contribution >= 0.6 is 0 Å². The second kappa shape index (κ2) is 11.2. The average molecular weight is 513 g/mol. The summed E-state index contributed by atoms with van der Waals surface area (Å²) < 4.78 is 11.2. The Bertz CT molecular complexity index is 1610. The Hall–Kier alpha value is -4.96. The quantitative estimate of drug-likeness (QED) is 0.169. The van der Waals surface area contributed by atoms with E-state index >= 15 is 0 Å². The largest absolute Gasteiger partial charge is 0.423 e. The third-order valence-corrected chi connectivity index (χ3v) is 6.57. The lowest BCUT2D eigenvalue weighted by molar-refractivity contribution is 0.0718. The van der Waals surface area contributed by atoms with Crippen molar-refractivity contribution in [3.8, 4) is 33.8 Å². The Kier molecular flexibility index (Phi) is 7.37. The van der Waals surface area contributed by atoms with Crippen LogP contribution < -0.4 is 9.47 Å². The molecule has 0 radical (unpaired) electrons. The fraction of sp³-hybridized carbons (Fsp3) is 0.0857. The van der Waals surface area contributed by atoms with Crippen molar-refractivity contribution >= 4 is 11.9 Å². The Morgan fingerprint density at radius 2 is 0.846 bits per heavy atom. The van der Waals surface area contributed by atoms with Crippen LogP contribution in [0.2, 0.25) is 0 Å². The van der Waals surface area contributed by atoms with Gasteiger partial charge in [-0.2, -0.15) is 0 Å². The first-order chi connectivity index (χ1) is 18.9. The first-order valence-corrected chi connectivity index (χ1v) is 12.7. The lowest BCUT2D eigenvalue weighted by atomic mass is 10.0. The molecule has 0 atom stereocenters. The molecule has 5 aromatic carbocycles. The van der Waals surface area contributed by atoms with Gasteiger partial charge in [0.2, 0.25) is 0 Å². The summed E-state index contributed by atoms with van der Waals surface area (Å²) in [6, 6.07) is 36.0. The molecule has 192 valence electrons. The molecule has 0 unspecified atom stereocenters. The molecule has 0 saturated heterocycles. The van der Waals surface area contributed by atoms with Gasteiger partial charge in [0.15, 0.2) is 0 Å². The van der Waals surface area contributed by atoms with Crippen molar-refractivity contribution in [2.24, 2.45) is 0 Å². The van der Waals surface area contributed by atoms with Crippen molar-refractivity contribution in [1.82, 2.24) is 0 Å². The van der Waals surface area contributed by atoms with Gasteiger partial charge >= 0.3 is 11.9 Å². The topological polar surface area (TPSA) is 52.6 Å². The number of hydrogen-bond donors (Lipinski definition) is 0. The molecule has 0 N–H and O–H groups in total. The summed E-state index contributed by atoms with van der Waals surface area (Å²) in [5.74, 6) is -0.123. The van der Waals surface area contributed by atoms with E-state index in [0.29, 0.717) is 28.2 Å². The molecular formula is C35H28O4. The van der Waals surface area contributed by atoms with Gasteiger partial charge in [0, 0.05) is 0 Å². The lowest BCUT2D eigenvalue weighted by Crippen LogP contribution is -2.10. The second-order valence-electron chi connectivity index (χ2n) is 9.59. The van der Waals surface area contributed by atoms with Gasteiger partial charge in [-0.3, -0.25) is 0 Å². The van der Waals surface area contributed by atoms with Gasteiger partial charge in [0.25, 0.3) is 0 Å². The summed E-state index contributed by atoms with van der Waals surface area (Å²) in [6.45, 7) is 5.90. The van der Waals surface area contributed by atoms with E-state index in [4.69, 9.17) is 9.47 Å². The molecule has 0 aliphatic carbocycles. The maximum Gasteiger partial charge on any atom is 0.343 e. The summed E-state index contributed by atoms with van der Waals surface area (Å²) in [4.78, 5) is 25.5. The third-order valence-electron chi connectivity index (χ3n) is 6.57. The molecule has 0 heterocycles. The summed E-state index contributed by atoms with van der Waals surface area (Å²) >= 11 is 0. The Balaban J connectivity index is 1.21. The first-order valence-electron chi connectivity index (χ1n) is 12.7. The number of rotatable bonds is 6. The van der Waals surface area contributed by atoms with Gasteiger partial charge in [-0.1, -0.05) is 83.9 Å². The summed E-state index contributed by atoms with van der Waals surface area (Å²) in [5, 5.41) is 0. The maximum absolute atomic E-state index is 12.7. The van der Waals surface area contributed by atoms with Gasteiger partial charge in [0.05, 0.1) is 11.1 Å². The molecule has 5 rings (SSSR count). The fourth-order valence-electron chi connectivity index (χ4n) is 4.21. The van der Waals surface area contributed by atoms with Crippen molar-refractivity contribution in [1.29, 1.82) is 0 Å². The van der Waals surface area contributed by atoms with E-state index in [-0.39, 0.29) is 0 Å². The molecule has 0 amide bonds. The van der Waals surface area contributed by atoms with Crippen LogP contribution in [0.5, 0.6) is 11.5 Å². The smallest absolute Gasteiger partial charge is 0.343 e. The second-order valence-corrected chi connectivity index (χ2v) is 9.59. The van der Waals surface area contributed by atoms with Crippen LogP contribution in [0.15, 0.2) is 115 Å². The van der Waals surface area contributed by atoms with E-state index in [0.717, 1.165) is 22.3 Å². The monoisotopic (exact) mass is 512 g/mol. The van der Waals surface area contributed by atoms with Crippen LogP contribution in [0.25, 0.3) is 22.3 Å².